The van der Waals surface area contributed by atoms with E-state index in [9.17, 15) is 10.2 Å². The van der Waals surface area contributed by atoms with Gasteiger partial charge in [-0.05, 0) is 64.5 Å². The number of aromatic hydroxyl groups is 2. The maximum atomic E-state index is 10.8. The third-order valence-electron chi connectivity index (χ3n) is 4.96. The Morgan fingerprint density at radius 3 is 2.54 bits per heavy atom. The molecule has 1 saturated heterocycles. The highest BCUT2D eigenvalue weighted by molar-refractivity contribution is 5.55. The number of allylic oxidation sites excluding steroid dienone is 4. The highest BCUT2D eigenvalue weighted by Gasteiger charge is 2.32. The first-order valence-electron chi connectivity index (χ1n) is 9.91. The zero-order chi connectivity index (χ0) is 19.1. The monoisotopic (exact) mass is 358 g/mol. The van der Waals surface area contributed by atoms with E-state index in [1.807, 2.05) is 6.07 Å². The zero-order valence-corrected chi connectivity index (χ0v) is 16.8. The molecule has 3 nitrogen and oxygen atoms in total. The van der Waals surface area contributed by atoms with Gasteiger partial charge in [-0.15, -0.1) is 0 Å². The summed E-state index contributed by atoms with van der Waals surface area (Å²) in [6.45, 7) is 9.17. The van der Waals surface area contributed by atoms with Crippen molar-refractivity contribution in [3.63, 3.8) is 0 Å². The summed E-state index contributed by atoms with van der Waals surface area (Å²) < 4.78 is 5.45. The predicted molar refractivity (Wildman–Crippen MR) is 108 cm³/mol. The Balaban J connectivity index is 2.15. The van der Waals surface area contributed by atoms with Crippen molar-refractivity contribution in [2.45, 2.75) is 78.7 Å². The van der Waals surface area contributed by atoms with E-state index < -0.39 is 0 Å². The molecule has 0 aliphatic carbocycles. The average Bonchev–Trinajstić information content (AvgIpc) is 3.39. The molecule has 3 heteroatoms. The van der Waals surface area contributed by atoms with E-state index in [1.165, 1.54) is 11.1 Å². The Morgan fingerprint density at radius 1 is 1.19 bits per heavy atom. The first kappa shape index (κ1) is 20.6. The molecule has 0 spiro atoms. The quantitative estimate of drug-likeness (QED) is 0.300. The van der Waals surface area contributed by atoms with E-state index in [2.05, 4.69) is 39.8 Å². The van der Waals surface area contributed by atoms with Crippen molar-refractivity contribution >= 4 is 0 Å². The molecule has 1 aromatic carbocycles. The van der Waals surface area contributed by atoms with E-state index in [0.29, 0.717) is 18.6 Å². The van der Waals surface area contributed by atoms with Crippen molar-refractivity contribution in [3.05, 3.63) is 46.1 Å². The van der Waals surface area contributed by atoms with Gasteiger partial charge in [-0.3, -0.25) is 0 Å². The van der Waals surface area contributed by atoms with Crippen LogP contribution in [0.3, 0.4) is 0 Å². The topological polar surface area (TPSA) is 53.0 Å². The first-order valence-corrected chi connectivity index (χ1v) is 9.91. The molecule has 0 saturated carbocycles. The van der Waals surface area contributed by atoms with Crippen LogP contribution in [-0.2, 0) is 17.6 Å². The zero-order valence-electron chi connectivity index (χ0n) is 16.8. The van der Waals surface area contributed by atoms with E-state index >= 15 is 0 Å². The van der Waals surface area contributed by atoms with Crippen molar-refractivity contribution in [3.8, 4) is 11.5 Å². The Hall–Kier alpha value is -1.74. The highest BCUT2D eigenvalue weighted by Crippen LogP contribution is 2.44. The van der Waals surface area contributed by atoms with Crippen LogP contribution in [-0.4, -0.2) is 16.8 Å². The van der Waals surface area contributed by atoms with Gasteiger partial charge in [0.1, 0.15) is 17.6 Å². The lowest BCUT2D eigenvalue weighted by molar-refractivity contribution is 0.393. The molecule has 0 aromatic heterocycles. The van der Waals surface area contributed by atoms with Crippen molar-refractivity contribution in [2.75, 3.05) is 6.61 Å². The lowest BCUT2D eigenvalue weighted by Gasteiger charge is -2.15. The summed E-state index contributed by atoms with van der Waals surface area (Å²) in [7, 11) is 0. The van der Waals surface area contributed by atoms with Gasteiger partial charge in [-0.2, -0.15) is 0 Å². The van der Waals surface area contributed by atoms with E-state index in [0.717, 1.165) is 49.7 Å². The van der Waals surface area contributed by atoms with Crippen molar-refractivity contribution < 1.29 is 14.9 Å². The molecule has 1 fully saturated rings. The summed E-state index contributed by atoms with van der Waals surface area (Å²) >= 11 is 0. The molecule has 144 valence electrons. The van der Waals surface area contributed by atoms with Crippen LogP contribution in [0, 0.1) is 0 Å². The van der Waals surface area contributed by atoms with Crippen molar-refractivity contribution in [1.82, 2.24) is 0 Å². The average molecular weight is 359 g/mol. The number of ether oxygens (including phenoxy) is 1. The largest absolute Gasteiger partial charge is 0.508 e. The minimum atomic E-state index is -0.00582. The van der Waals surface area contributed by atoms with Crippen LogP contribution in [0.15, 0.2) is 29.4 Å². The molecular formula is C23H34O3. The van der Waals surface area contributed by atoms with Gasteiger partial charge in [0, 0.05) is 11.1 Å². The van der Waals surface area contributed by atoms with Gasteiger partial charge in [0.25, 0.3) is 0 Å². The highest BCUT2D eigenvalue weighted by atomic mass is 16.6. The second kappa shape index (κ2) is 9.82. The van der Waals surface area contributed by atoms with Gasteiger partial charge in [-0.25, -0.2) is 0 Å². The van der Waals surface area contributed by atoms with Gasteiger partial charge in [0.15, 0.2) is 0 Å². The SMILES string of the molecule is CCCCCc1cc(O)c(CC=C(C)CCC=C(C)C)c(O)c1C1CO1. The number of phenols is 2. The maximum absolute atomic E-state index is 10.8. The number of benzene rings is 1. The van der Waals surface area contributed by atoms with Crippen LogP contribution >= 0.6 is 0 Å². The summed E-state index contributed by atoms with van der Waals surface area (Å²) in [5.74, 6) is 0.430. The van der Waals surface area contributed by atoms with E-state index in [1.54, 1.807) is 0 Å². The molecule has 1 aromatic rings. The van der Waals surface area contributed by atoms with Crippen molar-refractivity contribution in [1.29, 1.82) is 0 Å². The molecule has 1 atom stereocenters. The summed E-state index contributed by atoms with van der Waals surface area (Å²) in [5, 5.41) is 21.3. The second-order valence-electron chi connectivity index (χ2n) is 7.65. The number of hydrogen-bond donors (Lipinski definition) is 2. The third-order valence-corrected chi connectivity index (χ3v) is 4.96. The molecule has 1 unspecified atom stereocenters. The first-order chi connectivity index (χ1) is 12.4. The Morgan fingerprint density at radius 2 is 1.92 bits per heavy atom. The van der Waals surface area contributed by atoms with Crippen LogP contribution < -0.4 is 0 Å². The normalized spacial score (nSPS) is 16.6. The van der Waals surface area contributed by atoms with E-state index in [-0.39, 0.29) is 17.6 Å². The fourth-order valence-electron chi connectivity index (χ4n) is 3.28. The number of unbranched alkanes of at least 4 members (excludes halogenated alkanes) is 2. The molecule has 2 rings (SSSR count). The molecule has 26 heavy (non-hydrogen) atoms. The van der Waals surface area contributed by atoms with Gasteiger partial charge in [0.2, 0.25) is 0 Å². The molecule has 1 heterocycles. The van der Waals surface area contributed by atoms with Gasteiger partial charge in [-0.1, -0.05) is 43.1 Å². The minimum Gasteiger partial charge on any atom is -0.508 e. The molecular weight excluding hydrogens is 324 g/mol. The van der Waals surface area contributed by atoms with Crippen LogP contribution in [0.1, 0.15) is 82.6 Å². The molecule has 1 aliphatic rings. The lowest BCUT2D eigenvalue weighted by atomic mass is 9.93. The number of epoxide rings is 1. The smallest absolute Gasteiger partial charge is 0.128 e. The fourth-order valence-corrected chi connectivity index (χ4v) is 3.28. The fraction of sp³-hybridized carbons (Fsp3) is 0.565. The predicted octanol–water partition coefficient (Wildman–Crippen LogP) is 6.14. The maximum Gasteiger partial charge on any atom is 0.128 e. The summed E-state index contributed by atoms with van der Waals surface area (Å²) in [6.07, 6.45) is 11.2. The second-order valence-corrected chi connectivity index (χ2v) is 7.65. The van der Waals surface area contributed by atoms with Gasteiger partial charge < -0.3 is 14.9 Å². The molecule has 0 amide bonds. The standard InChI is InChI=1S/C23H34O3/c1-5-6-7-11-18-14-20(24)19(23(25)22(18)21-15-26-21)13-12-17(4)10-8-9-16(2)3/h9,12,14,21,24-25H,5-8,10-11,13,15H2,1-4H3. The minimum absolute atomic E-state index is 0.00582. The lowest BCUT2D eigenvalue weighted by Crippen LogP contribution is -1.99. The number of phenolic OH excluding ortho intramolecular Hbond substituents is 2. The summed E-state index contributed by atoms with van der Waals surface area (Å²) in [6, 6.07) is 1.84. The van der Waals surface area contributed by atoms with Crippen molar-refractivity contribution in [2.24, 2.45) is 0 Å². The van der Waals surface area contributed by atoms with Gasteiger partial charge >= 0.3 is 0 Å². The third kappa shape index (κ3) is 5.91. The van der Waals surface area contributed by atoms with Crippen LogP contribution in [0.25, 0.3) is 0 Å². The Kier molecular flexibility index (Phi) is 7.77. The molecule has 2 N–H and O–H groups in total. The molecule has 0 radical (unpaired) electrons. The molecule has 0 bridgehead atoms. The number of aryl methyl sites for hydroxylation is 1. The number of rotatable bonds is 10. The Bertz CT molecular complexity index is 663. The van der Waals surface area contributed by atoms with E-state index in [4.69, 9.17) is 4.74 Å². The number of hydrogen-bond acceptors (Lipinski definition) is 3. The van der Waals surface area contributed by atoms with Crippen LogP contribution in [0.2, 0.25) is 0 Å². The van der Waals surface area contributed by atoms with Crippen LogP contribution in [0.4, 0.5) is 0 Å². The van der Waals surface area contributed by atoms with Gasteiger partial charge in [0.05, 0.1) is 6.61 Å². The summed E-state index contributed by atoms with van der Waals surface area (Å²) in [4.78, 5) is 0. The summed E-state index contributed by atoms with van der Waals surface area (Å²) in [5.41, 5.74) is 5.16. The molecule has 1 aliphatic heterocycles. The Labute approximate surface area is 158 Å². The van der Waals surface area contributed by atoms with Crippen LogP contribution in [0.5, 0.6) is 11.5 Å².